The highest BCUT2D eigenvalue weighted by Gasteiger charge is 2.12. The fourth-order valence-corrected chi connectivity index (χ4v) is 4.52. The van der Waals surface area contributed by atoms with Crippen molar-refractivity contribution in [2.24, 2.45) is 0 Å². The summed E-state index contributed by atoms with van der Waals surface area (Å²) in [5, 5.41) is 10.8. The van der Waals surface area contributed by atoms with Gasteiger partial charge in [0.15, 0.2) is 0 Å². The molecule has 0 fully saturated rings. The molecule has 0 aromatic rings. The van der Waals surface area contributed by atoms with E-state index in [0.717, 1.165) is 50.0 Å². The SMILES string of the molecule is CCCCCCC(O)CCC(CCCCCCCC(=O)OC)SCCS. The van der Waals surface area contributed by atoms with Crippen LogP contribution in [-0.4, -0.2) is 41.0 Å². The average Bonchev–Trinajstić information content (AvgIpc) is 2.65. The zero-order valence-corrected chi connectivity index (χ0v) is 18.8. The summed E-state index contributed by atoms with van der Waals surface area (Å²) in [6.45, 7) is 2.22. The highest BCUT2D eigenvalue weighted by molar-refractivity contribution is 8.00. The van der Waals surface area contributed by atoms with Crippen LogP contribution in [0.1, 0.15) is 96.8 Å². The lowest BCUT2D eigenvalue weighted by Crippen LogP contribution is -2.12. The van der Waals surface area contributed by atoms with Crippen LogP contribution in [0.2, 0.25) is 0 Å². The summed E-state index contributed by atoms with van der Waals surface area (Å²) < 4.78 is 4.66. The van der Waals surface area contributed by atoms with Gasteiger partial charge in [0.05, 0.1) is 13.2 Å². The molecule has 0 spiro atoms. The van der Waals surface area contributed by atoms with Crippen LogP contribution in [0.3, 0.4) is 0 Å². The third kappa shape index (κ3) is 17.5. The second-order valence-corrected chi connectivity index (χ2v) is 9.03. The van der Waals surface area contributed by atoms with Crippen LogP contribution < -0.4 is 0 Å². The van der Waals surface area contributed by atoms with Crippen molar-refractivity contribution in [3.63, 3.8) is 0 Å². The van der Waals surface area contributed by atoms with Gasteiger partial charge in [-0.15, -0.1) is 0 Å². The van der Waals surface area contributed by atoms with E-state index in [1.54, 1.807) is 0 Å². The topological polar surface area (TPSA) is 46.5 Å². The zero-order chi connectivity index (χ0) is 19.5. The fraction of sp³-hybridized carbons (Fsp3) is 0.952. The van der Waals surface area contributed by atoms with E-state index in [4.69, 9.17) is 0 Å². The van der Waals surface area contributed by atoms with Gasteiger partial charge >= 0.3 is 5.97 Å². The Kier molecular flexibility index (Phi) is 20.0. The summed E-state index contributed by atoms with van der Waals surface area (Å²) in [4.78, 5) is 11.1. The lowest BCUT2D eigenvalue weighted by Gasteiger charge is -2.18. The van der Waals surface area contributed by atoms with Gasteiger partial charge in [-0.2, -0.15) is 24.4 Å². The van der Waals surface area contributed by atoms with Gasteiger partial charge in [-0.1, -0.05) is 58.3 Å². The normalized spacial score (nSPS) is 13.5. The first-order chi connectivity index (χ1) is 12.6. The predicted molar refractivity (Wildman–Crippen MR) is 118 cm³/mol. The first-order valence-electron chi connectivity index (χ1n) is 10.6. The Morgan fingerprint density at radius 3 is 2.31 bits per heavy atom. The fourth-order valence-electron chi connectivity index (χ4n) is 3.13. The molecule has 0 heterocycles. The molecule has 0 saturated heterocycles. The zero-order valence-electron chi connectivity index (χ0n) is 17.1. The first-order valence-corrected chi connectivity index (χ1v) is 12.3. The van der Waals surface area contributed by atoms with Gasteiger partial charge in [-0.3, -0.25) is 4.79 Å². The van der Waals surface area contributed by atoms with Gasteiger partial charge in [-0.05, 0) is 37.9 Å². The molecule has 0 aromatic heterocycles. The number of carbonyl (C=O) groups is 1. The van der Waals surface area contributed by atoms with Crippen molar-refractivity contribution in [2.75, 3.05) is 18.6 Å². The van der Waals surface area contributed by atoms with Crippen LogP contribution >= 0.6 is 24.4 Å². The van der Waals surface area contributed by atoms with Crippen molar-refractivity contribution in [2.45, 2.75) is 108 Å². The van der Waals surface area contributed by atoms with Gasteiger partial charge in [0.2, 0.25) is 0 Å². The van der Waals surface area contributed by atoms with Gasteiger partial charge in [0.1, 0.15) is 0 Å². The average molecular weight is 407 g/mol. The number of hydrogen-bond donors (Lipinski definition) is 2. The summed E-state index contributed by atoms with van der Waals surface area (Å²) in [7, 11) is 1.45. The molecule has 1 N–H and O–H groups in total. The lowest BCUT2D eigenvalue weighted by atomic mass is 10.0. The second kappa shape index (κ2) is 19.9. The minimum Gasteiger partial charge on any atom is -0.469 e. The molecule has 0 aliphatic carbocycles. The molecule has 0 bridgehead atoms. The summed E-state index contributed by atoms with van der Waals surface area (Å²) in [6, 6.07) is 0. The molecule has 0 saturated carbocycles. The maximum atomic E-state index is 11.1. The Hall–Kier alpha value is 0.130. The number of ether oxygens (including phenoxy) is 1. The van der Waals surface area contributed by atoms with Crippen LogP contribution in [-0.2, 0) is 9.53 Å². The maximum Gasteiger partial charge on any atom is 0.305 e. The van der Waals surface area contributed by atoms with Crippen LogP contribution in [0.25, 0.3) is 0 Å². The Morgan fingerprint density at radius 2 is 1.62 bits per heavy atom. The number of thiol groups is 1. The van der Waals surface area contributed by atoms with Crippen molar-refractivity contribution in [1.82, 2.24) is 0 Å². The van der Waals surface area contributed by atoms with Crippen LogP contribution in [0, 0.1) is 0 Å². The number of esters is 1. The number of rotatable bonds is 19. The van der Waals surface area contributed by atoms with E-state index in [2.05, 4.69) is 24.3 Å². The molecular formula is C21H42O3S2. The molecule has 26 heavy (non-hydrogen) atoms. The van der Waals surface area contributed by atoms with E-state index in [1.165, 1.54) is 52.1 Å². The van der Waals surface area contributed by atoms with Crippen molar-refractivity contribution < 1.29 is 14.6 Å². The van der Waals surface area contributed by atoms with Gasteiger partial charge in [0, 0.05) is 17.4 Å². The van der Waals surface area contributed by atoms with E-state index >= 15 is 0 Å². The molecule has 156 valence electrons. The molecular weight excluding hydrogens is 364 g/mol. The number of thioether (sulfide) groups is 1. The van der Waals surface area contributed by atoms with E-state index in [0.29, 0.717) is 11.7 Å². The van der Waals surface area contributed by atoms with E-state index < -0.39 is 0 Å². The summed E-state index contributed by atoms with van der Waals surface area (Å²) in [6.07, 6.45) is 15.4. The Bertz CT molecular complexity index is 314. The van der Waals surface area contributed by atoms with Crippen LogP contribution in [0.5, 0.6) is 0 Å². The molecule has 0 radical (unpaired) electrons. The van der Waals surface area contributed by atoms with E-state index in [1.807, 2.05) is 11.8 Å². The van der Waals surface area contributed by atoms with E-state index in [9.17, 15) is 9.90 Å². The number of unbranched alkanes of at least 4 members (excludes halogenated alkanes) is 7. The second-order valence-electron chi connectivity index (χ2n) is 7.18. The number of methoxy groups -OCH3 is 1. The molecule has 3 nitrogen and oxygen atoms in total. The smallest absolute Gasteiger partial charge is 0.305 e. The van der Waals surface area contributed by atoms with Crippen molar-refractivity contribution >= 4 is 30.4 Å². The van der Waals surface area contributed by atoms with Crippen molar-refractivity contribution in [1.29, 1.82) is 0 Å². The molecule has 0 aliphatic rings. The summed E-state index contributed by atoms with van der Waals surface area (Å²) >= 11 is 6.36. The van der Waals surface area contributed by atoms with Crippen LogP contribution in [0.4, 0.5) is 0 Å². The lowest BCUT2D eigenvalue weighted by molar-refractivity contribution is -0.140. The highest BCUT2D eigenvalue weighted by Crippen LogP contribution is 2.25. The largest absolute Gasteiger partial charge is 0.469 e. The summed E-state index contributed by atoms with van der Waals surface area (Å²) in [5.74, 6) is 1.93. The van der Waals surface area contributed by atoms with Gasteiger partial charge in [-0.25, -0.2) is 0 Å². The third-order valence-electron chi connectivity index (χ3n) is 4.79. The first kappa shape index (κ1) is 26.1. The van der Waals surface area contributed by atoms with Crippen molar-refractivity contribution in [3.05, 3.63) is 0 Å². The Morgan fingerprint density at radius 1 is 0.962 bits per heavy atom. The third-order valence-corrected chi connectivity index (χ3v) is 6.70. The molecule has 0 rings (SSSR count). The minimum absolute atomic E-state index is 0.0959. The van der Waals surface area contributed by atoms with Crippen LogP contribution in [0.15, 0.2) is 0 Å². The van der Waals surface area contributed by atoms with E-state index in [-0.39, 0.29) is 12.1 Å². The quantitative estimate of drug-likeness (QED) is 0.156. The standard InChI is InChI=1S/C21H42O3S2/c1-3-4-5-9-12-19(22)15-16-20(26-18-17-25)13-10-7-6-8-11-14-21(23)24-2/h19-20,22,25H,3-18H2,1-2H3. The minimum atomic E-state index is -0.121. The molecule has 2 atom stereocenters. The highest BCUT2D eigenvalue weighted by atomic mass is 32.2. The Balaban J connectivity index is 3.78. The maximum absolute atomic E-state index is 11.1. The van der Waals surface area contributed by atoms with Gasteiger partial charge < -0.3 is 9.84 Å². The number of carbonyl (C=O) groups excluding carboxylic acids is 1. The molecule has 5 heteroatoms. The number of aliphatic hydroxyl groups excluding tert-OH is 1. The molecule has 0 aromatic carbocycles. The molecule has 0 amide bonds. The summed E-state index contributed by atoms with van der Waals surface area (Å²) in [5.41, 5.74) is 0. The van der Waals surface area contributed by atoms with Gasteiger partial charge in [0.25, 0.3) is 0 Å². The molecule has 2 unspecified atom stereocenters. The number of hydrogen-bond acceptors (Lipinski definition) is 5. The molecule has 0 aliphatic heterocycles. The monoisotopic (exact) mass is 406 g/mol. The Labute approximate surface area is 171 Å². The van der Waals surface area contributed by atoms with Crippen molar-refractivity contribution in [3.8, 4) is 0 Å². The number of aliphatic hydroxyl groups is 1. The predicted octanol–water partition coefficient (Wildman–Crippen LogP) is 6.03.